The molecule has 1 aromatic carbocycles. The van der Waals surface area contributed by atoms with Crippen LogP contribution < -0.4 is 5.32 Å². The third kappa shape index (κ3) is 3.18. The first kappa shape index (κ1) is 10.7. The Bertz CT molecular complexity index is 285. The van der Waals surface area contributed by atoms with Crippen molar-refractivity contribution in [3.05, 3.63) is 35.9 Å². The number of carbonyl (C=O) groups excluding carboxylic acids is 1. The molecule has 1 aromatic rings. The molecular formula is C11H15NO2. The molecule has 1 amide bonds. The zero-order valence-corrected chi connectivity index (χ0v) is 8.49. The molecule has 0 fully saturated rings. The second kappa shape index (κ2) is 5.40. The molecule has 1 rings (SSSR count). The maximum absolute atomic E-state index is 11.2. The van der Waals surface area contributed by atoms with E-state index in [-0.39, 0.29) is 18.6 Å². The molecule has 0 heterocycles. The largest absolute Gasteiger partial charge is 0.375 e. The fraction of sp³-hybridized carbons (Fsp3) is 0.364. The minimum Gasteiger partial charge on any atom is -0.375 e. The fourth-order valence-corrected chi connectivity index (χ4v) is 1.24. The van der Waals surface area contributed by atoms with Crippen LogP contribution in [0.1, 0.15) is 18.5 Å². The number of amides is 1. The lowest BCUT2D eigenvalue weighted by atomic mass is 10.1. The minimum atomic E-state index is -0.0937. The highest BCUT2D eigenvalue weighted by Gasteiger charge is 2.07. The van der Waals surface area contributed by atoms with E-state index in [4.69, 9.17) is 4.74 Å². The summed E-state index contributed by atoms with van der Waals surface area (Å²) in [6, 6.07) is 9.85. The van der Waals surface area contributed by atoms with Crippen LogP contribution in [0.25, 0.3) is 0 Å². The van der Waals surface area contributed by atoms with E-state index in [0.717, 1.165) is 5.56 Å². The highest BCUT2D eigenvalue weighted by molar-refractivity contribution is 5.77. The van der Waals surface area contributed by atoms with Crippen LogP contribution in [0.4, 0.5) is 0 Å². The van der Waals surface area contributed by atoms with E-state index in [2.05, 4.69) is 5.32 Å². The number of benzene rings is 1. The van der Waals surface area contributed by atoms with E-state index < -0.39 is 0 Å². The van der Waals surface area contributed by atoms with Gasteiger partial charge in [-0.1, -0.05) is 30.3 Å². The third-order valence-electron chi connectivity index (χ3n) is 1.95. The zero-order valence-electron chi connectivity index (χ0n) is 8.49. The Balaban J connectivity index is 2.50. The lowest BCUT2D eigenvalue weighted by Gasteiger charge is -2.13. The van der Waals surface area contributed by atoms with Crippen molar-refractivity contribution >= 4 is 5.91 Å². The molecule has 0 aliphatic rings. The quantitative estimate of drug-likeness (QED) is 0.787. The van der Waals surface area contributed by atoms with Crippen molar-refractivity contribution in [3.8, 4) is 0 Å². The van der Waals surface area contributed by atoms with Gasteiger partial charge in [0.05, 0.1) is 6.04 Å². The van der Waals surface area contributed by atoms with Gasteiger partial charge in [-0.25, -0.2) is 0 Å². The van der Waals surface area contributed by atoms with Gasteiger partial charge in [-0.2, -0.15) is 0 Å². The van der Waals surface area contributed by atoms with Gasteiger partial charge in [0, 0.05) is 7.11 Å². The molecule has 1 N–H and O–H groups in total. The Labute approximate surface area is 84.1 Å². The number of hydrogen-bond acceptors (Lipinski definition) is 2. The molecule has 0 aromatic heterocycles. The van der Waals surface area contributed by atoms with Crippen LogP contribution in [-0.2, 0) is 9.53 Å². The first-order valence-electron chi connectivity index (χ1n) is 4.57. The number of ether oxygens (including phenoxy) is 1. The number of hydrogen-bond donors (Lipinski definition) is 1. The lowest BCUT2D eigenvalue weighted by molar-refractivity contribution is -0.125. The number of carbonyl (C=O) groups is 1. The van der Waals surface area contributed by atoms with Crippen LogP contribution >= 0.6 is 0 Å². The van der Waals surface area contributed by atoms with E-state index in [1.165, 1.54) is 7.11 Å². The molecule has 0 spiro atoms. The van der Waals surface area contributed by atoms with Crippen molar-refractivity contribution in [2.75, 3.05) is 13.7 Å². The average molecular weight is 193 g/mol. The van der Waals surface area contributed by atoms with Crippen molar-refractivity contribution < 1.29 is 9.53 Å². The standard InChI is InChI=1S/C11H15NO2/c1-9(12-11(13)8-14-2)10-6-4-3-5-7-10/h3-7,9H,8H2,1-2H3,(H,12,13)/t9-/m1/s1. The molecule has 0 bridgehead atoms. The highest BCUT2D eigenvalue weighted by Crippen LogP contribution is 2.10. The van der Waals surface area contributed by atoms with Gasteiger partial charge in [-0.15, -0.1) is 0 Å². The van der Waals surface area contributed by atoms with Crippen LogP contribution in [0.5, 0.6) is 0 Å². The molecule has 1 atom stereocenters. The highest BCUT2D eigenvalue weighted by atomic mass is 16.5. The Kier molecular flexibility index (Phi) is 4.13. The summed E-state index contributed by atoms with van der Waals surface area (Å²) in [6.45, 7) is 2.06. The fourth-order valence-electron chi connectivity index (χ4n) is 1.24. The summed E-state index contributed by atoms with van der Waals surface area (Å²) < 4.78 is 4.73. The van der Waals surface area contributed by atoms with E-state index >= 15 is 0 Å². The molecule has 0 saturated heterocycles. The summed E-state index contributed by atoms with van der Waals surface area (Å²) in [5, 5.41) is 2.83. The maximum atomic E-state index is 11.2. The van der Waals surface area contributed by atoms with E-state index in [0.29, 0.717) is 0 Å². The van der Waals surface area contributed by atoms with E-state index in [9.17, 15) is 4.79 Å². The van der Waals surface area contributed by atoms with Crippen molar-refractivity contribution in [2.24, 2.45) is 0 Å². The molecule has 0 saturated carbocycles. The van der Waals surface area contributed by atoms with Gasteiger partial charge in [-0.3, -0.25) is 4.79 Å². The van der Waals surface area contributed by atoms with Crippen molar-refractivity contribution in [3.63, 3.8) is 0 Å². The zero-order chi connectivity index (χ0) is 10.4. The summed E-state index contributed by atoms with van der Waals surface area (Å²) in [5.74, 6) is -0.0937. The van der Waals surface area contributed by atoms with Crippen LogP contribution in [0.2, 0.25) is 0 Å². The Morgan fingerprint density at radius 3 is 2.64 bits per heavy atom. The molecule has 3 nitrogen and oxygen atoms in total. The smallest absolute Gasteiger partial charge is 0.246 e. The molecule has 0 radical (unpaired) electrons. The first-order valence-corrected chi connectivity index (χ1v) is 4.57. The predicted octanol–water partition coefficient (Wildman–Crippen LogP) is 1.51. The molecule has 0 aliphatic heterocycles. The minimum absolute atomic E-state index is 0.0267. The van der Waals surface area contributed by atoms with Gasteiger partial charge in [0.1, 0.15) is 6.61 Å². The van der Waals surface area contributed by atoms with Gasteiger partial charge in [0.2, 0.25) is 5.91 Å². The number of nitrogens with one attached hydrogen (secondary N) is 1. The van der Waals surface area contributed by atoms with Gasteiger partial charge in [0.15, 0.2) is 0 Å². The third-order valence-corrected chi connectivity index (χ3v) is 1.95. The summed E-state index contributed by atoms with van der Waals surface area (Å²) in [4.78, 5) is 11.2. The second-order valence-corrected chi connectivity index (χ2v) is 3.13. The summed E-state index contributed by atoms with van der Waals surface area (Å²) in [5.41, 5.74) is 1.09. The second-order valence-electron chi connectivity index (χ2n) is 3.13. The van der Waals surface area contributed by atoms with Gasteiger partial charge in [-0.05, 0) is 12.5 Å². The van der Waals surface area contributed by atoms with Gasteiger partial charge >= 0.3 is 0 Å². The van der Waals surface area contributed by atoms with Gasteiger partial charge in [0.25, 0.3) is 0 Å². The SMILES string of the molecule is COCC(=O)N[C@H](C)c1ccccc1. The van der Waals surface area contributed by atoms with Crippen molar-refractivity contribution in [1.29, 1.82) is 0 Å². The van der Waals surface area contributed by atoms with Crippen LogP contribution in [0.15, 0.2) is 30.3 Å². The Hall–Kier alpha value is -1.35. The Morgan fingerprint density at radius 1 is 1.43 bits per heavy atom. The molecule has 14 heavy (non-hydrogen) atoms. The predicted molar refractivity (Wildman–Crippen MR) is 54.9 cm³/mol. The topological polar surface area (TPSA) is 38.3 Å². The average Bonchev–Trinajstić information content (AvgIpc) is 2.19. The maximum Gasteiger partial charge on any atom is 0.246 e. The molecule has 0 unspecified atom stereocenters. The summed E-state index contributed by atoms with van der Waals surface area (Å²) in [7, 11) is 1.51. The lowest BCUT2D eigenvalue weighted by Crippen LogP contribution is -2.29. The molecule has 76 valence electrons. The number of rotatable bonds is 4. The van der Waals surface area contributed by atoms with E-state index in [1.54, 1.807) is 0 Å². The molecule has 0 aliphatic carbocycles. The van der Waals surface area contributed by atoms with Crippen LogP contribution in [0.3, 0.4) is 0 Å². The molecule has 3 heteroatoms. The van der Waals surface area contributed by atoms with Crippen LogP contribution in [-0.4, -0.2) is 19.6 Å². The van der Waals surface area contributed by atoms with Gasteiger partial charge < -0.3 is 10.1 Å². The summed E-state index contributed by atoms with van der Waals surface area (Å²) >= 11 is 0. The summed E-state index contributed by atoms with van der Waals surface area (Å²) in [6.07, 6.45) is 0. The van der Waals surface area contributed by atoms with Crippen molar-refractivity contribution in [1.82, 2.24) is 5.32 Å². The van der Waals surface area contributed by atoms with Crippen molar-refractivity contribution in [2.45, 2.75) is 13.0 Å². The number of methoxy groups -OCH3 is 1. The first-order chi connectivity index (χ1) is 6.74. The van der Waals surface area contributed by atoms with E-state index in [1.807, 2.05) is 37.3 Å². The molecular weight excluding hydrogens is 178 g/mol. The normalized spacial score (nSPS) is 12.1. The monoisotopic (exact) mass is 193 g/mol. The Morgan fingerprint density at radius 2 is 2.07 bits per heavy atom. The van der Waals surface area contributed by atoms with Crippen LogP contribution in [0, 0.1) is 0 Å².